The fourth-order valence-corrected chi connectivity index (χ4v) is 0.324. The summed E-state index contributed by atoms with van der Waals surface area (Å²) < 4.78 is 0. The third kappa shape index (κ3) is 0.913. The molecule has 1 aliphatic rings. The van der Waals surface area contributed by atoms with Crippen LogP contribution in [0.3, 0.4) is 0 Å². The Bertz CT molecular complexity index is 142. The lowest BCUT2D eigenvalue weighted by Gasteiger charge is -2.00. The first kappa shape index (κ1) is 4.16. The molecule has 1 aliphatic heterocycles. The molecule has 0 radical (unpaired) electrons. The Kier molecular flexibility index (Phi) is 0.966. The first-order valence-electron chi connectivity index (χ1n) is 1.91. The molecule has 7 heavy (non-hydrogen) atoms. The molecule has 0 saturated heterocycles. The number of hydrazine groups is 1. The van der Waals surface area contributed by atoms with E-state index in [0.29, 0.717) is 6.54 Å². The first-order chi connectivity index (χ1) is 3.39. The molecule has 0 atom stereocenters. The molecule has 0 saturated carbocycles. The normalized spacial score (nSPS) is 16.9. The maximum Gasteiger partial charge on any atom is 0.310 e. The number of hydrogen-bond acceptors (Lipinski definition) is 2. The van der Waals surface area contributed by atoms with E-state index in [1.54, 1.807) is 0 Å². The molecule has 0 aromatic rings. The van der Waals surface area contributed by atoms with Crippen molar-refractivity contribution in [1.29, 1.82) is 0 Å². The minimum absolute atomic E-state index is 0.258. The molecule has 1 rings (SSSR count). The van der Waals surface area contributed by atoms with E-state index < -0.39 is 0 Å². The lowest BCUT2D eigenvalue weighted by Crippen LogP contribution is -2.39. The number of rotatable bonds is 0. The lowest BCUT2D eigenvalue weighted by atomic mass is 10.5. The van der Waals surface area contributed by atoms with Crippen LogP contribution >= 0.6 is 0 Å². The van der Waals surface area contributed by atoms with Crippen LogP contribution in [0.1, 0.15) is 0 Å². The van der Waals surface area contributed by atoms with E-state index in [-0.39, 0.29) is 5.91 Å². The van der Waals surface area contributed by atoms with E-state index in [1.807, 2.05) is 0 Å². The number of carbonyl (C=O) groups excluding carboxylic acids is 1. The standard InChI is InChI=1S/C4H4N2O/c7-4-2-1-3-5-6-4/h5H,3H2,(H,6,7). The van der Waals surface area contributed by atoms with Gasteiger partial charge in [-0.1, -0.05) is 5.92 Å². The lowest BCUT2D eigenvalue weighted by molar-refractivity contribution is -0.116. The monoisotopic (exact) mass is 96.0 g/mol. The van der Waals surface area contributed by atoms with Crippen molar-refractivity contribution in [3.63, 3.8) is 0 Å². The van der Waals surface area contributed by atoms with Gasteiger partial charge in [0.2, 0.25) is 0 Å². The van der Waals surface area contributed by atoms with Crippen molar-refractivity contribution in [3.8, 4) is 11.8 Å². The second-order valence-electron chi connectivity index (χ2n) is 1.11. The van der Waals surface area contributed by atoms with Crippen molar-refractivity contribution in [3.05, 3.63) is 0 Å². The van der Waals surface area contributed by atoms with Gasteiger partial charge < -0.3 is 0 Å². The van der Waals surface area contributed by atoms with Gasteiger partial charge in [-0.2, -0.15) is 0 Å². The van der Waals surface area contributed by atoms with Crippen molar-refractivity contribution in [2.45, 2.75) is 0 Å². The third-order valence-electron chi connectivity index (χ3n) is 0.581. The van der Waals surface area contributed by atoms with Gasteiger partial charge in [-0.3, -0.25) is 10.2 Å². The second-order valence-corrected chi connectivity index (χ2v) is 1.11. The molecule has 0 aliphatic carbocycles. The Morgan fingerprint density at radius 2 is 2.57 bits per heavy atom. The highest BCUT2D eigenvalue weighted by molar-refractivity contribution is 5.93. The SMILES string of the molecule is O=C1C#CCNN1. The van der Waals surface area contributed by atoms with Gasteiger partial charge in [0.25, 0.3) is 0 Å². The van der Waals surface area contributed by atoms with E-state index in [2.05, 4.69) is 22.7 Å². The minimum Gasteiger partial charge on any atom is -0.280 e. The quantitative estimate of drug-likeness (QED) is 0.365. The van der Waals surface area contributed by atoms with Crippen molar-refractivity contribution in [1.82, 2.24) is 10.9 Å². The van der Waals surface area contributed by atoms with Crippen molar-refractivity contribution in [2.24, 2.45) is 0 Å². The number of amides is 1. The maximum absolute atomic E-state index is 10.1. The van der Waals surface area contributed by atoms with Crippen LogP contribution in [0.5, 0.6) is 0 Å². The van der Waals surface area contributed by atoms with Crippen LogP contribution in [0.15, 0.2) is 0 Å². The molecule has 1 heterocycles. The molecule has 3 heteroatoms. The number of hydrogen-bond donors (Lipinski definition) is 2. The molecule has 0 bridgehead atoms. The van der Waals surface area contributed by atoms with E-state index in [4.69, 9.17) is 0 Å². The smallest absolute Gasteiger partial charge is 0.280 e. The van der Waals surface area contributed by atoms with E-state index in [9.17, 15) is 4.79 Å². The Morgan fingerprint density at radius 1 is 1.71 bits per heavy atom. The summed E-state index contributed by atoms with van der Waals surface area (Å²) in [6.45, 7) is 0.547. The van der Waals surface area contributed by atoms with Gasteiger partial charge >= 0.3 is 5.91 Å². The van der Waals surface area contributed by atoms with Crippen molar-refractivity contribution >= 4 is 5.91 Å². The summed E-state index contributed by atoms with van der Waals surface area (Å²) in [5, 5.41) is 0. The van der Waals surface area contributed by atoms with Crippen LogP contribution < -0.4 is 10.9 Å². The van der Waals surface area contributed by atoms with Gasteiger partial charge in [-0.25, -0.2) is 5.43 Å². The fraction of sp³-hybridized carbons (Fsp3) is 0.250. The van der Waals surface area contributed by atoms with Crippen LogP contribution in [0.2, 0.25) is 0 Å². The summed E-state index contributed by atoms with van der Waals surface area (Å²) >= 11 is 0. The highest BCUT2D eigenvalue weighted by atomic mass is 16.2. The van der Waals surface area contributed by atoms with E-state index >= 15 is 0 Å². The fourth-order valence-electron chi connectivity index (χ4n) is 0.324. The van der Waals surface area contributed by atoms with E-state index in [1.165, 1.54) is 0 Å². The molecule has 3 nitrogen and oxygen atoms in total. The average Bonchev–Trinajstić information content (AvgIpc) is 1.69. The van der Waals surface area contributed by atoms with Gasteiger partial charge in [0.1, 0.15) is 0 Å². The molecule has 2 N–H and O–H groups in total. The zero-order valence-corrected chi connectivity index (χ0v) is 3.62. The Balaban J connectivity index is 2.62. The zero-order chi connectivity index (χ0) is 5.11. The summed E-state index contributed by atoms with van der Waals surface area (Å²) in [4.78, 5) is 10.1. The van der Waals surface area contributed by atoms with Crippen molar-refractivity contribution in [2.75, 3.05) is 6.54 Å². The predicted octanol–water partition coefficient (Wildman–Crippen LogP) is -1.38. The molecule has 0 unspecified atom stereocenters. The molecule has 0 fully saturated rings. The molecule has 1 amide bonds. The number of carbonyl (C=O) groups is 1. The maximum atomic E-state index is 10.1. The summed E-state index contributed by atoms with van der Waals surface area (Å²) in [6, 6.07) is 0. The largest absolute Gasteiger partial charge is 0.310 e. The predicted molar refractivity (Wildman–Crippen MR) is 23.9 cm³/mol. The average molecular weight is 96.1 g/mol. The van der Waals surface area contributed by atoms with E-state index in [0.717, 1.165) is 0 Å². The highest BCUT2D eigenvalue weighted by Gasteiger charge is 1.93. The third-order valence-corrected chi connectivity index (χ3v) is 0.581. The highest BCUT2D eigenvalue weighted by Crippen LogP contribution is 1.63. The van der Waals surface area contributed by atoms with Crippen molar-refractivity contribution < 1.29 is 4.79 Å². The first-order valence-corrected chi connectivity index (χ1v) is 1.91. The Labute approximate surface area is 41.1 Å². The van der Waals surface area contributed by atoms with Gasteiger partial charge in [-0.15, -0.1) is 0 Å². The topological polar surface area (TPSA) is 41.1 Å². The Hall–Kier alpha value is -1.01. The molecule has 0 aromatic heterocycles. The van der Waals surface area contributed by atoms with Gasteiger partial charge in [0.15, 0.2) is 0 Å². The zero-order valence-electron chi connectivity index (χ0n) is 3.62. The van der Waals surface area contributed by atoms with Crippen LogP contribution in [0, 0.1) is 11.8 Å². The van der Waals surface area contributed by atoms with Gasteiger partial charge in [0, 0.05) is 0 Å². The van der Waals surface area contributed by atoms with Crippen LogP contribution in [0.25, 0.3) is 0 Å². The molecular weight excluding hydrogens is 92.1 g/mol. The summed E-state index contributed by atoms with van der Waals surface area (Å²) in [5.74, 6) is 4.62. The summed E-state index contributed by atoms with van der Waals surface area (Å²) in [5.41, 5.74) is 4.88. The van der Waals surface area contributed by atoms with Crippen LogP contribution in [-0.2, 0) is 4.79 Å². The summed E-state index contributed by atoms with van der Waals surface area (Å²) in [6.07, 6.45) is 0. The molecule has 0 aromatic carbocycles. The minimum atomic E-state index is -0.258. The molecular formula is C4H4N2O. The van der Waals surface area contributed by atoms with Crippen LogP contribution in [0.4, 0.5) is 0 Å². The van der Waals surface area contributed by atoms with Gasteiger partial charge in [-0.05, 0) is 5.92 Å². The van der Waals surface area contributed by atoms with Gasteiger partial charge in [0.05, 0.1) is 6.54 Å². The Morgan fingerprint density at radius 3 is 2.86 bits per heavy atom. The van der Waals surface area contributed by atoms with Crippen LogP contribution in [-0.4, -0.2) is 12.5 Å². The molecule has 36 valence electrons. The summed E-state index contributed by atoms with van der Waals surface area (Å²) in [7, 11) is 0. The molecule has 0 spiro atoms. The number of nitrogens with one attached hydrogen (secondary N) is 2. The second kappa shape index (κ2) is 1.63.